The molecule has 5 heteroatoms. The zero-order chi connectivity index (χ0) is 11.5. The minimum Gasteiger partial charge on any atom is -0.376 e. The van der Waals surface area contributed by atoms with Crippen LogP contribution in [0, 0.1) is 0 Å². The van der Waals surface area contributed by atoms with Crippen molar-refractivity contribution in [2.45, 2.75) is 38.0 Å². The third-order valence-corrected chi connectivity index (χ3v) is 3.29. The van der Waals surface area contributed by atoms with Crippen LogP contribution in [0.15, 0.2) is 0 Å². The van der Waals surface area contributed by atoms with Gasteiger partial charge in [0.05, 0.1) is 19.8 Å². The van der Waals surface area contributed by atoms with Crippen LogP contribution in [0.2, 0.25) is 0 Å². The average molecular weight is 228 g/mol. The van der Waals surface area contributed by atoms with Crippen molar-refractivity contribution in [2.75, 3.05) is 26.4 Å². The smallest absolute Gasteiger partial charge is 0.254 e. The number of hydrogen-bond donors (Lipinski definition) is 1. The second kappa shape index (κ2) is 5.12. The number of nitrogens with two attached hydrogens (primary N) is 1. The molecule has 0 bridgehead atoms. The Morgan fingerprint density at radius 2 is 2.25 bits per heavy atom. The monoisotopic (exact) mass is 228 g/mol. The number of carbonyl (C=O) groups is 1. The van der Waals surface area contributed by atoms with Crippen LogP contribution in [0.3, 0.4) is 0 Å². The predicted octanol–water partition coefficient (Wildman–Crippen LogP) is -0.260. The topological polar surface area (TPSA) is 64.8 Å². The van der Waals surface area contributed by atoms with Gasteiger partial charge in [0.2, 0.25) is 0 Å². The number of carbonyl (C=O) groups excluding carboxylic acids is 1. The summed E-state index contributed by atoms with van der Waals surface area (Å²) in [7, 11) is 0. The Morgan fingerprint density at radius 3 is 2.88 bits per heavy atom. The van der Waals surface area contributed by atoms with Gasteiger partial charge in [-0.3, -0.25) is 4.79 Å². The van der Waals surface area contributed by atoms with E-state index in [-0.39, 0.29) is 18.0 Å². The fourth-order valence-corrected chi connectivity index (χ4v) is 2.35. The Balaban J connectivity index is 1.92. The van der Waals surface area contributed by atoms with Crippen molar-refractivity contribution in [1.82, 2.24) is 4.90 Å². The molecule has 2 rings (SSSR count). The molecule has 0 aliphatic carbocycles. The summed E-state index contributed by atoms with van der Waals surface area (Å²) < 4.78 is 10.7. The molecule has 2 saturated heterocycles. The zero-order valence-electron chi connectivity index (χ0n) is 9.72. The molecule has 2 aliphatic heterocycles. The summed E-state index contributed by atoms with van der Waals surface area (Å²) >= 11 is 0. The van der Waals surface area contributed by atoms with E-state index in [1.54, 1.807) is 0 Å². The van der Waals surface area contributed by atoms with Gasteiger partial charge in [-0.15, -0.1) is 0 Å². The van der Waals surface area contributed by atoms with E-state index in [9.17, 15) is 4.79 Å². The number of rotatable bonds is 1. The summed E-state index contributed by atoms with van der Waals surface area (Å²) in [6, 6.07) is 0.435. The minimum absolute atomic E-state index is 0.0547. The third kappa shape index (κ3) is 2.53. The van der Waals surface area contributed by atoms with Gasteiger partial charge in [0.1, 0.15) is 0 Å². The zero-order valence-corrected chi connectivity index (χ0v) is 9.72. The van der Waals surface area contributed by atoms with Crippen LogP contribution in [0.4, 0.5) is 0 Å². The Kier molecular flexibility index (Phi) is 3.78. The normalized spacial score (nSPS) is 36.1. The van der Waals surface area contributed by atoms with E-state index < -0.39 is 6.10 Å². The highest BCUT2D eigenvalue weighted by molar-refractivity contribution is 5.81. The van der Waals surface area contributed by atoms with E-state index in [4.69, 9.17) is 15.2 Å². The van der Waals surface area contributed by atoms with E-state index in [0.717, 1.165) is 19.4 Å². The average Bonchev–Trinajstić information content (AvgIpc) is 2.29. The standard InChI is InChI=1S/C11H20N2O3/c1-8-6-9(12)2-3-13(8)11(14)10-7-15-4-5-16-10/h8-10H,2-7,12H2,1H3. The molecule has 2 heterocycles. The quantitative estimate of drug-likeness (QED) is 0.671. The van der Waals surface area contributed by atoms with Crippen molar-refractivity contribution in [1.29, 1.82) is 0 Å². The van der Waals surface area contributed by atoms with Crippen LogP contribution < -0.4 is 5.73 Å². The van der Waals surface area contributed by atoms with E-state index in [2.05, 4.69) is 0 Å². The van der Waals surface area contributed by atoms with Gasteiger partial charge in [0.25, 0.3) is 5.91 Å². The van der Waals surface area contributed by atoms with Gasteiger partial charge in [0.15, 0.2) is 6.10 Å². The van der Waals surface area contributed by atoms with Gasteiger partial charge in [-0.25, -0.2) is 0 Å². The second-order valence-corrected chi connectivity index (χ2v) is 4.60. The molecular weight excluding hydrogens is 208 g/mol. The fourth-order valence-electron chi connectivity index (χ4n) is 2.35. The molecule has 0 aromatic rings. The molecule has 1 amide bonds. The van der Waals surface area contributed by atoms with E-state index in [0.29, 0.717) is 19.8 Å². The van der Waals surface area contributed by atoms with Gasteiger partial charge in [0, 0.05) is 18.6 Å². The summed E-state index contributed by atoms with van der Waals surface area (Å²) in [5, 5.41) is 0. The fraction of sp³-hybridized carbons (Fsp3) is 0.909. The van der Waals surface area contributed by atoms with Crippen LogP contribution in [-0.2, 0) is 14.3 Å². The highest BCUT2D eigenvalue weighted by Gasteiger charge is 2.33. The van der Waals surface area contributed by atoms with E-state index >= 15 is 0 Å². The minimum atomic E-state index is -0.412. The van der Waals surface area contributed by atoms with E-state index in [1.807, 2.05) is 11.8 Å². The predicted molar refractivity (Wildman–Crippen MR) is 58.9 cm³/mol. The maximum atomic E-state index is 12.2. The molecule has 92 valence electrons. The lowest BCUT2D eigenvalue weighted by molar-refractivity contribution is -0.161. The lowest BCUT2D eigenvalue weighted by Gasteiger charge is -2.38. The lowest BCUT2D eigenvalue weighted by atomic mass is 9.98. The lowest BCUT2D eigenvalue weighted by Crippen LogP contribution is -2.53. The highest BCUT2D eigenvalue weighted by atomic mass is 16.6. The first kappa shape index (κ1) is 11.8. The molecule has 0 aromatic heterocycles. The molecule has 2 N–H and O–H groups in total. The summed E-state index contributed by atoms with van der Waals surface area (Å²) in [4.78, 5) is 14.0. The van der Waals surface area contributed by atoms with Gasteiger partial charge < -0.3 is 20.1 Å². The molecule has 5 nitrogen and oxygen atoms in total. The van der Waals surface area contributed by atoms with Gasteiger partial charge in [-0.1, -0.05) is 0 Å². The van der Waals surface area contributed by atoms with Crippen LogP contribution >= 0.6 is 0 Å². The summed E-state index contributed by atoms with van der Waals surface area (Å²) in [6.07, 6.45) is 1.34. The van der Waals surface area contributed by atoms with Gasteiger partial charge in [-0.05, 0) is 19.8 Å². The van der Waals surface area contributed by atoms with Crippen molar-refractivity contribution >= 4 is 5.91 Å². The number of amides is 1. The van der Waals surface area contributed by atoms with Crippen LogP contribution in [0.5, 0.6) is 0 Å². The first-order valence-electron chi connectivity index (χ1n) is 5.94. The largest absolute Gasteiger partial charge is 0.376 e. The number of piperidine rings is 1. The summed E-state index contributed by atoms with van der Waals surface area (Å²) in [5.41, 5.74) is 5.87. The maximum Gasteiger partial charge on any atom is 0.254 e. The number of ether oxygens (including phenoxy) is 2. The van der Waals surface area contributed by atoms with E-state index in [1.165, 1.54) is 0 Å². The molecule has 0 saturated carbocycles. The first-order chi connectivity index (χ1) is 7.68. The van der Waals surface area contributed by atoms with Crippen molar-refractivity contribution in [3.63, 3.8) is 0 Å². The molecule has 3 atom stereocenters. The van der Waals surface area contributed by atoms with Crippen molar-refractivity contribution in [2.24, 2.45) is 5.73 Å². The van der Waals surface area contributed by atoms with Gasteiger partial charge >= 0.3 is 0 Å². The second-order valence-electron chi connectivity index (χ2n) is 4.60. The third-order valence-electron chi connectivity index (χ3n) is 3.29. The first-order valence-corrected chi connectivity index (χ1v) is 5.94. The maximum absolute atomic E-state index is 12.2. The number of likely N-dealkylation sites (tertiary alicyclic amines) is 1. The van der Waals surface area contributed by atoms with Crippen LogP contribution in [-0.4, -0.2) is 55.4 Å². The Bertz CT molecular complexity index is 254. The molecule has 16 heavy (non-hydrogen) atoms. The molecule has 2 aliphatic rings. The van der Waals surface area contributed by atoms with Crippen LogP contribution in [0.1, 0.15) is 19.8 Å². The number of hydrogen-bond acceptors (Lipinski definition) is 4. The Labute approximate surface area is 95.9 Å². The van der Waals surface area contributed by atoms with Crippen molar-refractivity contribution in [3.05, 3.63) is 0 Å². The van der Waals surface area contributed by atoms with Crippen molar-refractivity contribution in [3.8, 4) is 0 Å². The van der Waals surface area contributed by atoms with Gasteiger partial charge in [-0.2, -0.15) is 0 Å². The summed E-state index contributed by atoms with van der Waals surface area (Å²) in [5.74, 6) is 0.0547. The summed E-state index contributed by atoms with van der Waals surface area (Å²) in [6.45, 7) is 4.26. The van der Waals surface area contributed by atoms with Crippen molar-refractivity contribution < 1.29 is 14.3 Å². The molecule has 3 unspecified atom stereocenters. The molecule has 0 spiro atoms. The molecule has 0 aromatic carbocycles. The number of nitrogens with zero attached hydrogens (tertiary/aromatic N) is 1. The van der Waals surface area contributed by atoms with Crippen LogP contribution in [0.25, 0.3) is 0 Å². The highest BCUT2D eigenvalue weighted by Crippen LogP contribution is 2.18. The Morgan fingerprint density at radius 1 is 1.44 bits per heavy atom. The Hall–Kier alpha value is -0.650. The molecule has 0 radical (unpaired) electrons. The molecule has 2 fully saturated rings. The SMILES string of the molecule is CC1CC(N)CCN1C(=O)C1COCCO1. The molecular formula is C11H20N2O3.